The second kappa shape index (κ2) is 9.32. The first-order valence-electron chi connectivity index (χ1n) is 10.7. The molecule has 164 valence electrons. The number of methoxy groups -OCH3 is 1. The van der Waals surface area contributed by atoms with Crippen LogP contribution < -0.4 is 4.74 Å². The van der Waals surface area contributed by atoms with Crippen molar-refractivity contribution in [2.45, 2.75) is 19.8 Å². The smallest absolute Gasteiger partial charge is 0.162 e. The third-order valence-corrected chi connectivity index (χ3v) is 5.61. The average molecular weight is 429 g/mol. The van der Waals surface area contributed by atoms with Crippen molar-refractivity contribution in [3.63, 3.8) is 0 Å². The first kappa shape index (κ1) is 21.7. The molecule has 2 heterocycles. The standard InChI is InChI=1S/C26H28N4O2/c1-18-7-8-21(14-25(18)32-4)23-15-28-26-16-27-22(17-30(23)26)19-9-11-20(12-10-19)24(31)6-5-13-29(2)3/h7-12,14-17H,5-6,13H2,1-4H3. The molecule has 0 N–H and O–H groups in total. The van der Waals surface area contributed by atoms with E-state index in [1.165, 1.54) is 0 Å². The van der Waals surface area contributed by atoms with E-state index in [1.807, 2.05) is 74.2 Å². The highest BCUT2D eigenvalue weighted by molar-refractivity contribution is 5.96. The zero-order valence-corrected chi connectivity index (χ0v) is 19.0. The molecule has 0 aliphatic rings. The predicted octanol–water partition coefficient (Wildman–Crippen LogP) is 4.90. The summed E-state index contributed by atoms with van der Waals surface area (Å²) in [6.07, 6.45) is 7.02. The number of rotatable bonds is 8. The first-order valence-corrected chi connectivity index (χ1v) is 10.7. The molecular formula is C26H28N4O2. The third kappa shape index (κ3) is 4.55. The van der Waals surface area contributed by atoms with Crippen LogP contribution in [0.2, 0.25) is 0 Å². The number of Topliss-reactive ketones (excluding diaryl/α,β-unsaturated/α-hetero) is 1. The monoisotopic (exact) mass is 428 g/mol. The van der Waals surface area contributed by atoms with Gasteiger partial charge >= 0.3 is 0 Å². The zero-order chi connectivity index (χ0) is 22.7. The van der Waals surface area contributed by atoms with Crippen LogP contribution in [0.3, 0.4) is 0 Å². The van der Waals surface area contributed by atoms with Crippen molar-refractivity contribution in [3.05, 3.63) is 72.2 Å². The van der Waals surface area contributed by atoms with E-state index in [9.17, 15) is 4.79 Å². The second-order valence-corrected chi connectivity index (χ2v) is 8.24. The lowest BCUT2D eigenvalue weighted by Crippen LogP contribution is -2.14. The first-order chi connectivity index (χ1) is 15.5. The van der Waals surface area contributed by atoms with Crippen molar-refractivity contribution in [2.24, 2.45) is 0 Å². The number of hydrogen-bond acceptors (Lipinski definition) is 5. The van der Waals surface area contributed by atoms with Gasteiger partial charge in [-0.1, -0.05) is 36.4 Å². The molecule has 6 heteroatoms. The number of fused-ring (bicyclic) bond motifs is 1. The SMILES string of the molecule is COc1cc(-c2cnc3cnc(-c4ccc(C(=O)CCCN(C)C)cc4)cn23)ccc1C. The molecule has 32 heavy (non-hydrogen) atoms. The van der Waals surface area contributed by atoms with Gasteiger partial charge in [-0.3, -0.25) is 14.2 Å². The number of carbonyl (C=O) groups is 1. The summed E-state index contributed by atoms with van der Waals surface area (Å²) in [7, 11) is 5.72. The summed E-state index contributed by atoms with van der Waals surface area (Å²) in [5.41, 5.74) is 6.37. The van der Waals surface area contributed by atoms with Crippen LogP contribution >= 0.6 is 0 Å². The van der Waals surface area contributed by atoms with Crippen LogP contribution in [0.25, 0.3) is 28.2 Å². The number of nitrogens with zero attached hydrogens (tertiary/aromatic N) is 4. The minimum Gasteiger partial charge on any atom is -0.496 e. The molecule has 4 aromatic rings. The molecule has 0 saturated carbocycles. The third-order valence-electron chi connectivity index (χ3n) is 5.61. The fourth-order valence-electron chi connectivity index (χ4n) is 3.76. The molecule has 2 aromatic heterocycles. The molecule has 0 radical (unpaired) electrons. The highest BCUT2D eigenvalue weighted by Gasteiger charge is 2.11. The van der Waals surface area contributed by atoms with Crippen LogP contribution in [0.15, 0.2) is 61.1 Å². The summed E-state index contributed by atoms with van der Waals surface area (Å²) in [6.45, 7) is 2.93. The molecule has 0 unspecified atom stereocenters. The Hall–Kier alpha value is -3.51. The Balaban J connectivity index is 1.60. The summed E-state index contributed by atoms with van der Waals surface area (Å²) in [6, 6.07) is 13.8. The summed E-state index contributed by atoms with van der Waals surface area (Å²) < 4.78 is 7.52. The number of ether oxygens (including phenoxy) is 1. The average Bonchev–Trinajstić information content (AvgIpc) is 3.22. The van der Waals surface area contributed by atoms with Gasteiger partial charge in [0.25, 0.3) is 0 Å². The number of aryl methyl sites for hydroxylation is 1. The maximum atomic E-state index is 12.4. The van der Waals surface area contributed by atoms with E-state index < -0.39 is 0 Å². The van der Waals surface area contributed by atoms with Gasteiger partial charge in [0.15, 0.2) is 11.4 Å². The number of imidazole rings is 1. The minimum absolute atomic E-state index is 0.173. The maximum Gasteiger partial charge on any atom is 0.162 e. The van der Waals surface area contributed by atoms with E-state index in [0.29, 0.717) is 6.42 Å². The van der Waals surface area contributed by atoms with Crippen LogP contribution in [0.5, 0.6) is 5.75 Å². The summed E-state index contributed by atoms with van der Waals surface area (Å²) in [5, 5.41) is 0. The number of ketones is 1. The summed E-state index contributed by atoms with van der Waals surface area (Å²) in [5.74, 6) is 1.02. The minimum atomic E-state index is 0.173. The molecule has 0 bridgehead atoms. The van der Waals surface area contributed by atoms with Crippen molar-refractivity contribution in [3.8, 4) is 28.3 Å². The number of carbonyl (C=O) groups excluding carboxylic acids is 1. The quantitative estimate of drug-likeness (QED) is 0.374. The lowest BCUT2D eigenvalue weighted by molar-refractivity contribution is 0.0977. The fraction of sp³-hybridized carbons (Fsp3) is 0.269. The maximum absolute atomic E-state index is 12.4. The lowest BCUT2D eigenvalue weighted by atomic mass is 10.0. The molecule has 0 amide bonds. The molecule has 6 nitrogen and oxygen atoms in total. The lowest BCUT2D eigenvalue weighted by Gasteiger charge is -2.09. The van der Waals surface area contributed by atoms with E-state index in [0.717, 1.165) is 58.0 Å². The van der Waals surface area contributed by atoms with Crippen molar-refractivity contribution >= 4 is 11.4 Å². The van der Waals surface area contributed by atoms with Crippen LogP contribution in [0, 0.1) is 6.92 Å². The van der Waals surface area contributed by atoms with Crippen LogP contribution in [-0.2, 0) is 0 Å². The zero-order valence-electron chi connectivity index (χ0n) is 19.0. The van der Waals surface area contributed by atoms with Gasteiger partial charge in [0.05, 0.1) is 30.9 Å². The van der Waals surface area contributed by atoms with Gasteiger partial charge in [0, 0.05) is 29.3 Å². The Morgan fingerprint density at radius 3 is 2.50 bits per heavy atom. The molecule has 0 atom stereocenters. The molecule has 2 aromatic carbocycles. The normalized spacial score (nSPS) is 11.3. The second-order valence-electron chi connectivity index (χ2n) is 8.24. The van der Waals surface area contributed by atoms with Gasteiger partial charge in [-0.15, -0.1) is 0 Å². The van der Waals surface area contributed by atoms with Crippen molar-refractivity contribution in [2.75, 3.05) is 27.7 Å². The Bertz CT molecular complexity index is 1240. The fourth-order valence-corrected chi connectivity index (χ4v) is 3.76. The van der Waals surface area contributed by atoms with E-state index in [1.54, 1.807) is 13.3 Å². The Kier molecular flexibility index (Phi) is 6.32. The van der Waals surface area contributed by atoms with Gasteiger partial charge in [-0.2, -0.15) is 0 Å². The summed E-state index contributed by atoms with van der Waals surface area (Å²) in [4.78, 5) is 23.6. The van der Waals surface area contributed by atoms with Crippen molar-refractivity contribution in [1.29, 1.82) is 0 Å². The molecule has 0 aliphatic heterocycles. The molecule has 0 saturated heterocycles. The van der Waals surface area contributed by atoms with E-state index in [4.69, 9.17) is 4.74 Å². The number of aromatic nitrogens is 3. The van der Waals surface area contributed by atoms with Crippen LogP contribution in [0.4, 0.5) is 0 Å². The topological polar surface area (TPSA) is 59.7 Å². The van der Waals surface area contributed by atoms with Gasteiger partial charge in [-0.05, 0) is 45.6 Å². The molecule has 0 aliphatic carbocycles. The van der Waals surface area contributed by atoms with Gasteiger partial charge in [0.1, 0.15) is 5.75 Å². The molecule has 0 fully saturated rings. The Labute approximate surface area is 188 Å². The Morgan fingerprint density at radius 2 is 1.78 bits per heavy atom. The number of hydrogen-bond donors (Lipinski definition) is 0. The van der Waals surface area contributed by atoms with Gasteiger partial charge in [0.2, 0.25) is 0 Å². The summed E-state index contributed by atoms with van der Waals surface area (Å²) >= 11 is 0. The largest absolute Gasteiger partial charge is 0.496 e. The van der Waals surface area contributed by atoms with E-state index in [2.05, 4.69) is 20.9 Å². The van der Waals surface area contributed by atoms with Crippen molar-refractivity contribution < 1.29 is 9.53 Å². The molecular weight excluding hydrogens is 400 g/mol. The van der Waals surface area contributed by atoms with Crippen LogP contribution in [-0.4, -0.2) is 52.8 Å². The molecule has 0 spiro atoms. The van der Waals surface area contributed by atoms with E-state index in [-0.39, 0.29) is 5.78 Å². The molecule has 4 rings (SSSR count). The van der Waals surface area contributed by atoms with Crippen molar-refractivity contribution in [1.82, 2.24) is 19.3 Å². The Morgan fingerprint density at radius 1 is 1.03 bits per heavy atom. The highest BCUT2D eigenvalue weighted by atomic mass is 16.5. The van der Waals surface area contributed by atoms with Crippen LogP contribution in [0.1, 0.15) is 28.8 Å². The number of benzene rings is 2. The highest BCUT2D eigenvalue weighted by Crippen LogP contribution is 2.28. The van der Waals surface area contributed by atoms with Gasteiger partial charge in [-0.25, -0.2) is 4.98 Å². The van der Waals surface area contributed by atoms with E-state index >= 15 is 0 Å². The predicted molar refractivity (Wildman–Crippen MR) is 127 cm³/mol. The van der Waals surface area contributed by atoms with Gasteiger partial charge < -0.3 is 9.64 Å².